The van der Waals surface area contributed by atoms with Crippen LogP contribution in [-0.2, 0) is 0 Å². The third-order valence-corrected chi connectivity index (χ3v) is 3.00. The Morgan fingerprint density at radius 1 is 1.31 bits per heavy atom. The molecule has 1 heterocycles. The van der Waals surface area contributed by atoms with Gasteiger partial charge in [0.05, 0.1) is 11.9 Å². The van der Waals surface area contributed by atoms with Crippen LogP contribution in [0.3, 0.4) is 0 Å². The molecule has 0 saturated heterocycles. The summed E-state index contributed by atoms with van der Waals surface area (Å²) in [6.45, 7) is 4.44. The van der Waals surface area contributed by atoms with Crippen LogP contribution >= 0.6 is 0 Å². The number of imidazole rings is 1. The number of anilines is 1. The van der Waals surface area contributed by atoms with Crippen molar-refractivity contribution in [3.8, 4) is 11.3 Å². The van der Waals surface area contributed by atoms with Crippen LogP contribution in [0.1, 0.15) is 31.7 Å². The van der Waals surface area contributed by atoms with Crippen molar-refractivity contribution in [2.75, 3.05) is 5.73 Å². The van der Waals surface area contributed by atoms with Gasteiger partial charge in [-0.15, -0.1) is 0 Å². The summed E-state index contributed by atoms with van der Waals surface area (Å²) in [5, 5.41) is 0. The van der Waals surface area contributed by atoms with Crippen LogP contribution in [-0.4, -0.2) is 9.97 Å². The summed E-state index contributed by atoms with van der Waals surface area (Å²) in [7, 11) is 0. The molecule has 0 fully saturated rings. The number of H-pyrrole nitrogens is 1. The molecular weight excluding hydrogens is 198 g/mol. The molecule has 0 bridgehead atoms. The van der Waals surface area contributed by atoms with E-state index in [0.29, 0.717) is 11.9 Å². The third-order valence-electron chi connectivity index (χ3n) is 3.00. The van der Waals surface area contributed by atoms with E-state index in [0.717, 1.165) is 17.7 Å². The van der Waals surface area contributed by atoms with Crippen LogP contribution < -0.4 is 5.73 Å². The number of hydrogen-bond donors (Lipinski definition) is 2. The quantitative estimate of drug-likeness (QED) is 0.826. The van der Waals surface area contributed by atoms with Crippen molar-refractivity contribution in [3.05, 3.63) is 36.0 Å². The highest BCUT2D eigenvalue weighted by atomic mass is 15.0. The molecule has 0 aliphatic rings. The minimum Gasteiger partial charge on any atom is -0.369 e. The molecule has 3 nitrogen and oxygen atoms in total. The average Bonchev–Trinajstić information content (AvgIpc) is 2.75. The number of aromatic nitrogens is 2. The van der Waals surface area contributed by atoms with E-state index in [9.17, 15) is 0 Å². The Morgan fingerprint density at radius 2 is 2.00 bits per heavy atom. The second kappa shape index (κ2) is 4.39. The van der Waals surface area contributed by atoms with E-state index in [1.165, 1.54) is 5.56 Å². The van der Waals surface area contributed by atoms with Crippen LogP contribution in [0.5, 0.6) is 0 Å². The highest BCUT2D eigenvalue weighted by Gasteiger charge is 2.04. The fourth-order valence-corrected chi connectivity index (χ4v) is 1.71. The Hall–Kier alpha value is -1.77. The molecule has 3 N–H and O–H groups in total. The first-order valence-corrected chi connectivity index (χ1v) is 5.61. The molecule has 0 amide bonds. The smallest absolute Gasteiger partial charge is 0.197 e. The zero-order valence-corrected chi connectivity index (χ0v) is 9.70. The van der Waals surface area contributed by atoms with E-state index < -0.39 is 0 Å². The first-order valence-electron chi connectivity index (χ1n) is 5.61. The van der Waals surface area contributed by atoms with Crippen molar-refractivity contribution in [2.24, 2.45) is 0 Å². The molecule has 0 saturated carbocycles. The highest BCUT2D eigenvalue weighted by Crippen LogP contribution is 2.23. The van der Waals surface area contributed by atoms with Crippen LogP contribution in [0.25, 0.3) is 11.3 Å². The van der Waals surface area contributed by atoms with Gasteiger partial charge in [0, 0.05) is 0 Å². The molecular formula is C13H17N3. The van der Waals surface area contributed by atoms with Crippen molar-refractivity contribution in [1.82, 2.24) is 9.97 Å². The maximum absolute atomic E-state index is 5.55. The molecule has 2 aromatic rings. The first-order chi connectivity index (χ1) is 7.70. The number of nitrogens with two attached hydrogens (primary N) is 1. The van der Waals surface area contributed by atoms with Gasteiger partial charge < -0.3 is 10.7 Å². The SMILES string of the molecule is CCC(C)c1ccc(-c2cnc(N)[nH]2)cc1. The second-order valence-corrected chi connectivity index (χ2v) is 4.11. The maximum atomic E-state index is 5.55. The van der Waals surface area contributed by atoms with Gasteiger partial charge in [-0.2, -0.15) is 0 Å². The molecule has 2 rings (SSSR count). The standard InChI is InChI=1S/C13H17N3/c1-3-9(2)10-4-6-11(7-5-10)12-8-15-13(14)16-12/h4-9H,3H2,1-2H3,(H3,14,15,16). The Labute approximate surface area is 95.7 Å². The van der Waals surface area contributed by atoms with Crippen LogP contribution in [0, 0.1) is 0 Å². The van der Waals surface area contributed by atoms with E-state index in [4.69, 9.17) is 5.73 Å². The monoisotopic (exact) mass is 215 g/mol. The van der Waals surface area contributed by atoms with Gasteiger partial charge in [0.15, 0.2) is 5.95 Å². The topological polar surface area (TPSA) is 54.7 Å². The predicted octanol–water partition coefficient (Wildman–Crippen LogP) is 3.17. The van der Waals surface area contributed by atoms with Crippen molar-refractivity contribution < 1.29 is 0 Å². The largest absolute Gasteiger partial charge is 0.369 e. The summed E-state index contributed by atoms with van der Waals surface area (Å²) in [6, 6.07) is 8.55. The normalized spacial score (nSPS) is 12.6. The van der Waals surface area contributed by atoms with Gasteiger partial charge in [-0.3, -0.25) is 0 Å². The Bertz CT molecular complexity index is 456. The van der Waals surface area contributed by atoms with Gasteiger partial charge in [-0.05, 0) is 23.5 Å². The molecule has 1 unspecified atom stereocenters. The van der Waals surface area contributed by atoms with Gasteiger partial charge >= 0.3 is 0 Å². The summed E-state index contributed by atoms with van der Waals surface area (Å²) < 4.78 is 0. The van der Waals surface area contributed by atoms with Gasteiger partial charge in [0.1, 0.15) is 0 Å². The minimum absolute atomic E-state index is 0.459. The van der Waals surface area contributed by atoms with Gasteiger partial charge in [0.25, 0.3) is 0 Å². The fourth-order valence-electron chi connectivity index (χ4n) is 1.71. The number of aromatic amines is 1. The minimum atomic E-state index is 0.459. The zero-order valence-electron chi connectivity index (χ0n) is 9.70. The molecule has 0 radical (unpaired) electrons. The van der Waals surface area contributed by atoms with E-state index >= 15 is 0 Å². The summed E-state index contributed by atoms with van der Waals surface area (Å²) in [5.41, 5.74) is 9.01. The average molecular weight is 215 g/mol. The lowest BCUT2D eigenvalue weighted by molar-refractivity contribution is 0.734. The lowest BCUT2D eigenvalue weighted by Crippen LogP contribution is -1.90. The number of nitrogens with zero attached hydrogens (tertiary/aromatic N) is 1. The van der Waals surface area contributed by atoms with Gasteiger partial charge in [-0.1, -0.05) is 38.1 Å². The second-order valence-electron chi connectivity index (χ2n) is 4.11. The molecule has 3 heteroatoms. The maximum Gasteiger partial charge on any atom is 0.197 e. The van der Waals surface area contributed by atoms with Crippen molar-refractivity contribution in [3.63, 3.8) is 0 Å². The number of benzene rings is 1. The van der Waals surface area contributed by atoms with Crippen molar-refractivity contribution in [1.29, 1.82) is 0 Å². The summed E-state index contributed by atoms with van der Waals surface area (Å²) in [5.74, 6) is 1.07. The number of nitrogen functional groups attached to an aromatic ring is 1. The number of nitrogens with one attached hydrogen (secondary N) is 1. The molecule has 1 aromatic heterocycles. The van der Waals surface area contributed by atoms with Crippen LogP contribution in [0.2, 0.25) is 0 Å². The highest BCUT2D eigenvalue weighted by molar-refractivity contribution is 5.60. The van der Waals surface area contributed by atoms with E-state index in [2.05, 4.69) is 48.1 Å². The molecule has 1 aromatic carbocycles. The Balaban J connectivity index is 2.25. The lowest BCUT2D eigenvalue weighted by atomic mass is 9.97. The molecule has 0 aliphatic heterocycles. The van der Waals surface area contributed by atoms with Crippen LogP contribution in [0.15, 0.2) is 30.5 Å². The summed E-state index contributed by atoms with van der Waals surface area (Å²) >= 11 is 0. The van der Waals surface area contributed by atoms with Crippen molar-refractivity contribution >= 4 is 5.95 Å². The molecule has 84 valence electrons. The van der Waals surface area contributed by atoms with Gasteiger partial charge in [-0.25, -0.2) is 4.98 Å². The van der Waals surface area contributed by atoms with E-state index in [1.807, 2.05) is 0 Å². The zero-order chi connectivity index (χ0) is 11.5. The van der Waals surface area contributed by atoms with E-state index in [1.54, 1.807) is 6.20 Å². The molecule has 0 aliphatic carbocycles. The molecule has 1 atom stereocenters. The van der Waals surface area contributed by atoms with Crippen LogP contribution in [0.4, 0.5) is 5.95 Å². The Kier molecular flexibility index (Phi) is 2.95. The fraction of sp³-hybridized carbons (Fsp3) is 0.308. The Morgan fingerprint density at radius 3 is 2.50 bits per heavy atom. The third kappa shape index (κ3) is 2.08. The molecule has 16 heavy (non-hydrogen) atoms. The van der Waals surface area contributed by atoms with Crippen molar-refractivity contribution in [2.45, 2.75) is 26.2 Å². The first kappa shape index (κ1) is 10.7. The summed E-state index contributed by atoms with van der Waals surface area (Å²) in [4.78, 5) is 7.01. The number of hydrogen-bond acceptors (Lipinski definition) is 2. The lowest BCUT2D eigenvalue weighted by Gasteiger charge is -2.08. The number of rotatable bonds is 3. The van der Waals surface area contributed by atoms with E-state index in [-0.39, 0.29) is 0 Å². The van der Waals surface area contributed by atoms with Gasteiger partial charge in [0.2, 0.25) is 0 Å². The summed E-state index contributed by atoms with van der Waals surface area (Å²) in [6.07, 6.45) is 2.92. The molecule has 0 spiro atoms. The predicted molar refractivity (Wildman–Crippen MR) is 67.1 cm³/mol.